The van der Waals surface area contributed by atoms with E-state index in [2.05, 4.69) is 63.0 Å². The highest BCUT2D eigenvalue weighted by Gasteiger charge is 2.11. The molecule has 0 saturated carbocycles. The van der Waals surface area contributed by atoms with Gasteiger partial charge in [0.2, 0.25) is 0 Å². The minimum absolute atomic E-state index is 0.143. The van der Waals surface area contributed by atoms with Crippen molar-refractivity contribution in [3.63, 3.8) is 0 Å². The summed E-state index contributed by atoms with van der Waals surface area (Å²) in [4.78, 5) is 7.66. The summed E-state index contributed by atoms with van der Waals surface area (Å²) < 4.78 is 0. The van der Waals surface area contributed by atoms with Crippen molar-refractivity contribution in [3.8, 4) is 0 Å². The van der Waals surface area contributed by atoms with Crippen LogP contribution in [-0.2, 0) is 4.84 Å². The van der Waals surface area contributed by atoms with Gasteiger partial charge in [0.05, 0.1) is 12.8 Å². The predicted octanol–water partition coefficient (Wildman–Crippen LogP) is 0.944. The zero-order valence-corrected chi connectivity index (χ0v) is 12.2. The van der Waals surface area contributed by atoms with Crippen LogP contribution in [0.4, 0.5) is 0 Å². The number of hydrogen-bond donors (Lipinski definition) is 3. The molecule has 0 aliphatic rings. The standard InChI is InChI=1S/C12H30N4O/c1-7-13-14-12(8-10(2)3)15-17-9-11(4)16(5)6/h10-15H,7-9H2,1-6H3. The van der Waals surface area contributed by atoms with E-state index in [1.807, 2.05) is 0 Å². The van der Waals surface area contributed by atoms with Gasteiger partial charge in [-0.05, 0) is 33.4 Å². The largest absolute Gasteiger partial charge is 0.304 e. The van der Waals surface area contributed by atoms with E-state index in [1.165, 1.54) is 0 Å². The third-order valence-corrected chi connectivity index (χ3v) is 2.59. The molecule has 0 rings (SSSR count). The third kappa shape index (κ3) is 9.50. The maximum absolute atomic E-state index is 5.52. The van der Waals surface area contributed by atoms with Crippen LogP contribution in [0.25, 0.3) is 0 Å². The summed E-state index contributed by atoms with van der Waals surface area (Å²) in [6.45, 7) is 10.2. The number of likely N-dealkylation sites (N-methyl/N-ethyl adjacent to an activating group) is 1. The lowest BCUT2D eigenvalue weighted by Gasteiger charge is -2.24. The first kappa shape index (κ1) is 16.8. The lowest BCUT2D eigenvalue weighted by Crippen LogP contribution is -2.50. The molecule has 17 heavy (non-hydrogen) atoms. The number of hydroxylamine groups is 1. The summed E-state index contributed by atoms with van der Waals surface area (Å²) in [6, 6.07) is 0.404. The maximum atomic E-state index is 5.52. The molecule has 0 heterocycles. The Hall–Kier alpha value is -0.200. The lowest BCUT2D eigenvalue weighted by atomic mass is 10.1. The van der Waals surface area contributed by atoms with Gasteiger partial charge in [-0.25, -0.2) is 5.43 Å². The normalized spacial score (nSPS) is 15.5. The average molecular weight is 246 g/mol. The van der Waals surface area contributed by atoms with Gasteiger partial charge in [0.25, 0.3) is 0 Å². The van der Waals surface area contributed by atoms with Crippen LogP contribution in [0.2, 0.25) is 0 Å². The molecule has 0 aliphatic carbocycles. The van der Waals surface area contributed by atoms with Crippen molar-refractivity contribution in [2.24, 2.45) is 5.92 Å². The molecule has 0 spiro atoms. The Morgan fingerprint density at radius 3 is 2.29 bits per heavy atom. The van der Waals surface area contributed by atoms with Crippen LogP contribution in [0.5, 0.6) is 0 Å². The first-order valence-corrected chi connectivity index (χ1v) is 6.49. The summed E-state index contributed by atoms with van der Waals surface area (Å²) in [6.07, 6.45) is 1.16. The minimum Gasteiger partial charge on any atom is -0.304 e. The monoisotopic (exact) mass is 246 g/mol. The SMILES string of the molecule is CCNNC(CC(C)C)NOCC(C)N(C)C. The summed E-state index contributed by atoms with van der Waals surface area (Å²) in [5, 5.41) is 0. The number of hydrogen-bond acceptors (Lipinski definition) is 5. The van der Waals surface area contributed by atoms with Crippen molar-refractivity contribution in [1.29, 1.82) is 0 Å². The number of rotatable bonds is 10. The van der Waals surface area contributed by atoms with Gasteiger partial charge >= 0.3 is 0 Å². The summed E-state index contributed by atoms with van der Waals surface area (Å²) in [5.74, 6) is 0.619. The van der Waals surface area contributed by atoms with Crippen LogP contribution in [0.3, 0.4) is 0 Å². The fraction of sp³-hybridized carbons (Fsp3) is 1.00. The molecule has 0 aromatic carbocycles. The highest BCUT2D eigenvalue weighted by molar-refractivity contribution is 4.61. The van der Waals surface area contributed by atoms with Crippen molar-refractivity contribution < 1.29 is 4.84 Å². The minimum atomic E-state index is 0.143. The Morgan fingerprint density at radius 2 is 1.82 bits per heavy atom. The van der Waals surface area contributed by atoms with Crippen LogP contribution < -0.4 is 16.3 Å². The molecule has 2 atom stereocenters. The van der Waals surface area contributed by atoms with E-state index < -0.39 is 0 Å². The van der Waals surface area contributed by atoms with E-state index in [4.69, 9.17) is 4.84 Å². The molecule has 0 saturated heterocycles. The van der Waals surface area contributed by atoms with Gasteiger partial charge in [-0.3, -0.25) is 10.3 Å². The van der Waals surface area contributed by atoms with Crippen LogP contribution in [0.1, 0.15) is 34.1 Å². The maximum Gasteiger partial charge on any atom is 0.0940 e. The van der Waals surface area contributed by atoms with Gasteiger partial charge in [0, 0.05) is 12.6 Å². The zero-order chi connectivity index (χ0) is 13.3. The van der Waals surface area contributed by atoms with E-state index in [9.17, 15) is 0 Å². The van der Waals surface area contributed by atoms with Gasteiger partial charge in [-0.2, -0.15) is 5.48 Å². The van der Waals surface area contributed by atoms with E-state index in [0.717, 1.165) is 13.0 Å². The number of hydrazine groups is 1. The van der Waals surface area contributed by atoms with Gasteiger partial charge in [-0.15, -0.1) is 0 Å². The van der Waals surface area contributed by atoms with E-state index in [1.54, 1.807) is 0 Å². The predicted molar refractivity (Wildman–Crippen MR) is 72.3 cm³/mol. The molecule has 0 aliphatic heterocycles. The van der Waals surface area contributed by atoms with E-state index >= 15 is 0 Å². The van der Waals surface area contributed by atoms with Crippen molar-refractivity contribution in [3.05, 3.63) is 0 Å². The van der Waals surface area contributed by atoms with Gasteiger partial charge in [0.1, 0.15) is 0 Å². The molecule has 0 fully saturated rings. The smallest absolute Gasteiger partial charge is 0.0940 e. The van der Waals surface area contributed by atoms with Crippen molar-refractivity contribution in [2.75, 3.05) is 27.2 Å². The van der Waals surface area contributed by atoms with Crippen molar-refractivity contribution in [2.45, 2.75) is 46.3 Å². The second kappa shape index (κ2) is 9.79. The summed E-state index contributed by atoms with van der Waals surface area (Å²) in [7, 11) is 4.10. The quantitative estimate of drug-likeness (QED) is 0.396. The molecule has 5 heteroatoms. The van der Waals surface area contributed by atoms with E-state index in [0.29, 0.717) is 18.6 Å². The molecule has 0 amide bonds. The average Bonchev–Trinajstić information content (AvgIpc) is 2.24. The van der Waals surface area contributed by atoms with Gasteiger partial charge < -0.3 is 4.90 Å². The zero-order valence-electron chi connectivity index (χ0n) is 12.2. The highest BCUT2D eigenvalue weighted by Crippen LogP contribution is 2.02. The Balaban J connectivity index is 3.81. The molecular weight excluding hydrogens is 216 g/mol. The topological polar surface area (TPSA) is 48.6 Å². The molecule has 5 nitrogen and oxygen atoms in total. The molecule has 0 aromatic heterocycles. The Kier molecular flexibility index (Phi) is 9.68. The summed E-state index contributed by atoms with van der Waals surface area (Å²) >= 11 is 0. The molecule has 104 valence electrons. The Morgan fingerprint density at radius 1 is 1.18 bits per heavy atom. The Labute approximate surface area is 106 Å². The van der Waals surface area contributed by atoms with Gasteiger partial charge in [0.15, 0.2) is 0 Å². The lowest BCUT2D eigenvalue weighted by molar-refractivity contribution is -0.0226. The molecular formula is C12H30N4O. The molecule has 0 aromatic rings. The van der Waals surface area contributed by atoms with Crippen LogP contribution in [0, 0.1) is 5.92 Å². The van der Waals surface area contributed by atoms with Crippen molar-refractivity contribution in [1.82, 2.24) is 21.2 Å². The number of nitrogens with one attached hydrogen (secondary N) is 3. The van der Waals surface area contributed by atoms with Gasteiger partial charge in [-0.1, -0.05) is 20.8 Å². The van der Waals surface area contributed by atoms with E-state index in [-0.39, 0.29) is 6.17 Å². The van der Waals surface area contributed by atoms with Crippen LogP contribution in [0.15, 0.2) is 0 Å². The second-order valence-corrected chi connectivity index (χ2v) is 5.10. The Bertz CT molecular complexity index is 176. The summed E-state index contributed by atoms with van der Waals surface area (Å²) in [5.41, 5.74) is 9.39. The first-order valence-electron chi connectivity index (χ1n) is 6.49. The second-order valence-electron chi connectivity index (χ2n) is 5.10. The fourth-order valence-electron chi connectivity index (χ4n) is 1.25. The molecule has 0 bridgehead atoms. The first-order chi connectivity index (χ1) is 7.97. The van der Waals surface area contributed by atoms with Crippen LogP contribution >= 0.6 is 0 Å². The fourth-order valence-corrected chi connectivity index (χ4v) is 1.25. The molecule has 3 N–H and O–H groups in total. The molecule has 0 radical (unpaired) electrons. The van der Waals surface area contributed by atoms with Crippen molar-refractivity contribution >= 4 is 0 Å². The van der Waals surface area contributed by atoms with Crippen LogP contribution in [-0.4, -0.2) is 44.4 Å². The molecule has 2 unspecified atom stereocenters. The number of nitrogens with zero attached hydrogens (tertiary/aromatic N) is 1. The highest BCUT2D eigenvalue weighted by atomic mass is 16.6. The third-order valence-electron chi connectivity index (χ3n) is 2.59.